The molecule has 1 aromatic carbocycles. The van der Waals surface area contributed by atoms with Gasteiger partial charge in [-0.05, 0) is 57.5 Å². The van der Waals surface area contributed by atoms with Crippen LogP contribution in [0.4, 0.5) is 10.5 Å². The van der Waals surface area contributed by atoms with Crippen LogP contribution < -0.4 is 10.2 Å². The van der Waals surface area contributed by atoms with Gasteiger partial charge in [-0.25, -0.2) is 9.69 Å². The SMILES string of the molecule is Cc1ccc(N2C(=O)NC(=O)/C(=C/c3cc(C)n(C(C)C)c3)C2=O)cc1. The van der Waals surface area contributed by atoms with E-state index in [0.29, 0.717) is 5.69 Å². The molecule has 0 spiro atoms. The Bertz CT molecular complexity index is 920. The van der Waals surface area contributed by atoms with Crippen LogP contribution in [-0.2, 0) is 9.59 Å². The van der Waals surface area contributed by atoms with Crippen molar-refractivity contribution in [2.45, 2.75) is 33.7 Å². The summed E-state index contributed by atoms with van der Waals surface area (Å²) in [5, 5.41) is 2.24. The molecule has 1 aliphatic heterocycles. The van der Waals surface area contributed by atoms with E-state index in [1.807, 2.05) is 38.2 Å². The lowest BCUT2D eigenvalue weighted by molar-refractivity contribution is -0.122. The number of aryl methyl sites for hydroxylation is 2. The molecule has 1 aliphatic rings. The lowest BCUT2D eigenvalue weighted by atomic mass is 10.1. The fraction of sp³-hybridized carbons (Fsp3) is 0.250. The number of urea groups is 1. The van der Waals surface area contributed by atoms with Crippen molar-refractivity contribution >= 4 is 29.6 Å². The Balaban J connectivity index is 2.00. The summed E-state index contributed by atoms with van der Waals surface area (Å²) in [4.78, 5) is 38.2. The number of hydrogen-bond acceptors (Lipinski definition) is 3. The van der Waals surface area contributed by atoms with Gasteiger partial charge in [0.2, 0.25) is 0 Å². The molecule has 1 N–H and O–H groups in total. The van der Waals surface area contributed by atoms with Gasteiger partial charge in [0.15, 0.2) is 0 Å². The predicted octanol–water partition coefficient (Wildman–Crippen LogP) is 3.35. The van der Waals surface area contributed by atoms with Gasteiger partial charge in [-0.15, -0.1) is 0 Å². The van der Waals surface area contributed by atoms with Gasteiger partial charge in [0.25, 0.3) is 11.8 Å². The minimum atomic E-state index is -0.739. The van der Waals surface area contributed by atoms with E-state index in [2.05, 4.69) is 23.7 Å². The summed E-state index contributed by atoms with van der Waals surface area (Å²) < 4.78 is 2.06. The molecule has 4 amide bonds. The molecule has 6 heteroatoms. The Labute approximate surface area is 152 Å². The van der Waals surface area contributed by atoms with Gasteiger partial charge < -0.3 is 4.57 Å². The van der Waals surface area contributed by atoms with Crippen LogP contribution in [0, 0.1) is 13.8 Å². The van der Waals surface area contributed by atoms with Crippen LogP contribution in [0.3, 0.4) is 0 Å². The third-order valence-corrected chi connectivity index (χ3v) is 4.33. The van der Waals surface area contributed by atoms with Crippen molar-refractivity contribution in [1.82, 2.24) is 9.88 Å². The number of hydrogen-bond donors (Lipinski definition) is 1. The normalized spacial score (nSPS) is 16.6. The van der Waals surface area contributed by atoms with Crippen molar-refractivity contribution in [1.29, 1.82) is 0 Å². The summed E-state index contributed by atoms with van der Waals surface area (Å²) in [6.07, 6.45) is 3.41. The predicted molar refractivity (Wildman–Crippen MR) is 99.7 cm³/mol. The summed E-state index contributed by atoms with van der Waals surface area (Å²) >= 11 is 0. The lowest BCUT2D eigenvalue weighted by Gasteiger charge is -2.26. The smallest absolute Gasteiger partial charge is 0.335 e. The number of carbonyl (C=O) groups is 3. The topological polar surface area (TPSA) is 71.4 Å². The zero-order valence-electron chi connectivity index (χ0n) is 15.2. The average molecular weight is 351 g/mol. The van der Waals surface area contributed by atoms with E-state index in [9.17, 15) is 14.4 Å². The maximum absolute atomic E-state index is 12.8. The molecule has 0 radical (unpaired) electrons. The molecule has 0 unspecified atom stereocenters. The van der Waals surface area contributed by atoms with Crippen molar-refractivity contribution in [2.24, 2.45) is 0 Å². The largest absolute Gasteiger partial charge is 0.349 e. The van der Waals surface area contributed by atoms with E-state index in [-0.39, 0.29) is 11.6 Å². The van der Waals surface area contributed by atoms with Crippen LogP contribution in [-0.4, -0.2) is 22.4 Å². The number of benzene rings is 1. The van der Waals surface area contributed by atoms with Crippen molar-refractivity contribution in [3.63, 3.8) is 0 Å². The van der Waals surface area contributed by atoms with E-state index in [1.54, 1.807) is 12.1 Å². The summed E-state index contributed by atoms with van der Waals surface area (Å²) in [6.45, 7) is 7.99. The molecule has 1 aromatic heterocycles. The van der Waals surface area contributed by atoms with Gasteiger partial charge in [-0.1, -0.05) is 17.7 Å². The van der Waals surface area contributed by atoms with Crippen molar-refractivity contribution in [3.8, 4) is 0 Å². The maximum atomic E-state index is 12.8. The molecule has 2 heterocycles. The second-order valence-electron chi connectivity index (χ2n) is 6.71. The van der Waals surface area contributed by atoms with Crippen LogP contribution in [0.25, 0.3) is 6.08 Å². The van der Waals surface area contributed by atoms with Crippen molar-refractivity contribution < 1.29 is 14.4 Å². The molecule has 1 fully saturated rings. The molecule has 3 rings (SSSR count). The molecule has 0 aliphatic carbocycles. The van der Waals surface area contributed by atoms with Gasteiger partial charge in [-0.3, -0.25) is 14.9 Å². The molecular formula is C20H21N3O3. The van der Waals surface area contributed by atoms with Crippen LogP contribution in [0.2, 0.25) is 0 Å². The number of imide groups is 2. The second kappa shape index (κ2) is 6.63. The quantitative estimate of drug-likeness (QED) is 0.681. The Morgan fingerprint density at radius 3 is 2.27 bits per heavy atom. The first-order valence-corrected chi connectivity index (χ1v) is 8.44. The van der Waals surface area contributed by atoms with E-state index >= 15 is 0 Å². The van der Waals surface area contributed by atoms with E-state index in [1.165, 1.54) is 6.08 Å². The van der Waals surface area contributed by atoms with Gasteiger partial charge in [0, 0.05) is 17.9 Å². The lowest BCUT2D eigenvalue weighted by Crippen LogP contribution is -2.54. The number of barbiturate groups is 1. The van der Waals surface area contributed by atoms with E-state index < -0.39 is 17.8 Å². The van der Waals surface area contributed by atoms with E-state index in [0.717, 1.165) is 21.7 Å². The third-order valence-electron chi connectivity index (χ3n) is 4.33. The number of aromatic nitrogens is 1. The van der Waals surface area contributed by atoms with Crippen LogP contribution in [0.5, 0.6) is 0 Å². The number of nitrogens with one attached hydrogen (secondary N) is 1. The second-order valence-corrected chi connectivity index (χ2v) is 6.71. The molecule has 6 nitrogen and oxygen atoms in total. The minimum absolute atomic E-state index is 0.0638. The van der Waals surface area contributed by atoms with Crippen LogP contribution in [0.1, 0.15) is 36.7 Å². The van der Waals surface area contributed by atoms with Gasteiger partial charge in [-0.2, -0.15) is 0 Å². The molecule has 0 bridgehead atoms. The molecule has 0 saturated carbocycles. The first kappa shape index (κ1) is 17.7. The monoisotopic (exact) mass is 351 g/mol. The Hall–Kier alpha value is -3.15. The van der Waals surface area contributed by atoms with Crippen molar-refractivity contribution in [2.75, 3.05) is 4.90 Å². The molecule has 26 heavy (non-hydrogen) atoms. The standard InChI is InChI=1S/C20H21N3O3/c1-12(2)22-11-15(9-14(22)4)10-17-18(24)21-20(26)23(19(17)25)16-7-5-13(3)6-8-16/h5-12H,1-4H3,(H,21,24,26)/b17-10-. The first-order valence-electron chi connectivity index (χ1n) is 8.44. The average Bonchev–Trinajstić information content (AvgIpc) is 2.94. The number of anilines is 1. The van der Waals surface area contributed by atoms with Crippen LogP contribution in [0.15, 0.2) is 42.1 Å². The maximum Gasteiger partial charge on any atom is 0.335 e. The van der Waals surface area contributed by atoms with Gasteiger partial charge in [0.05, 0.1) is 5.69 Å². The summed E-state index contributed by atoms with van der Waals surface area (Å²) in [5.74, 6) is -1.31. The zero-order chi connectivity index (χ0) is 19.0. The number of rotatable bonds is 3. The molecule has 2 aromatic rings. The number of nitrogens with zero attached hydrogens (tertiary/aromatic N) is 2. The Morgan fingerprint density at radius 1 is 1.04 bits per heavy atom. The van der Waals surface area contributed by atoms with Crippen LogP contribution >= 0.6 is 0 Å². The van der Waals surface area contributed by atoms with E-state index in [4.69, 9.17) is 0 Å². The summed E-state index contributed by atoms with van der Waals surface area (Å²) in [7, 11) is 0. The summed E-state index contributed by atoms with van der Waals surface area (Å²) in [6, 6.07) is 8.41. The van der Waals surface area contributed by atoms with Gasteiger partial charge >= 0.3 is 6.03 Å². The number of carbonyl (C=O) groups excluding carboxylic acids is 3. The Morgan fingerprint density at radius 2 is 1.69 bits per heavy atom. The highest BCUT2D eigenvalue weighted by atomic mass is 16.2. The highest BCUT2D eigenvalue weighted by molar-refractivity contribution is 6.39. The fourth-order valence-electron chi connectivity index (χ4n) is 3.00. The molecule has 0 atom stereocenters. The van der Waals surface area contributed by atoms with Gasteiger partial charge in [0.1, 0.15) is 5.57 Å². The third kappa shape index (κ3) is 3.18. The van der Waals surface area contributed by atoms with Crippen molar-refractivity contribution in [3.05, 3.63) is 58.9 Å². The summed E-state index contributed by atoms with van der Waals surface area (Å²) in [5.41, 5.74) is 3.14. The zero-order valence-corrected chi connectivity index (χ0v) is 15.2. The minimum Gasteiger partial charge on any atom is -0.349 e. The first-order chi connectivity index (χ1) is 12.3. The highest BCUT2D eigenvalue weighted by Crippen LogP contribution is 2.23. The number of amides is 4. The highest BCUT2D eigenvalue weighted by Gasteiger charge is 2.36. The molecule has 134 valence electrons. The molecule has 1 saturated heterocycles. The molecular weight excluding hydrogens is 330 g/mol. The Kier molecular flexibility index (Phi) is 4.50. The fourth-order valence-corrected chi connectivity index (χ4v) is 3.00.